The van der Waals surface area contributed by atoms with Crippen LogP contribution < -0.4 is 0 Å². The lowest BCUT2D eigenvalue weighted by atomic mass is 9.72. The highest BCUT2D eigenvalue weighted by molar-refractivity contribution is 7.89. The molecule has 0 amide bonds. The summed E-state index contributed by atoms with van der Waals surface area (Å²) in [4.78, 5) is 0.248. The first-order valence-corrected chi connectivity index (χ1v) is 9.49. The van der Waals surface area contributed by atoms with E-state index in [-0.39, 0.29) is 16.9 Å². The Morgan fingerprint density at radius 2 is 2.09 bits per heavy atom. The molecule has 1 saturated carbocycles. The highest BCUT2D eigenvalue weighted by Crippen LogP contribution is 2.42. The van der Waals surface area contributed by atoms with Gasteiger partial charge in [-0.2, -0.15) is 9.40 Å². The lowest BCUT2D eigenvalue weighted by Crippen LogP contribution is -2.50. The third-order valence-corrected chi connectivity index (χ3v) is 7.12. The van der Waals surface area contributed by atoms with E-state index in [9.17, 15) is 13.5 Å². The second kappa shape index (κ2) is 5.62. The molecule has 0 aromatic carbocycles. The summed E-state index contributed by atoms with van der Waals surface area (Å²) in [5, 5.41) is 14.7. The zero-order valence-corrected chi connectivity index (χ0v) is 14.1. The van der Waals surface area contributed by atoms with Gasteiger partial charge in [0, 0.05) is 31.7 Å². The molecule has 0 spiro atoms. The van der Waals surface area contributed by atoms with E-state index in [1.54, 1.807) is 17.5 Å². The number of aryl methyl sites for hydroxylation is 1. The van der Waals surface area contributed by atoms with Crippen molar-refractivity contribution in [3.05, 3.63) is 12.4 Å². The van der Waals surface area contributed by atoms with Gasteiger partial charge in [0.25, 0.3) is 0 Å². The first-order chi connectivity index (χ1) is 10.3. The molecule has 2 aliphatic rings. The number of rotatable bonds is 3. The maximum atomic E-state index is 12.9. The van der Waals surface area contributed by atoms with Gasteiger partial charge in [-0.1, -0.05) is 12.8 Å². The Bertz CT molecular complexity index is 638. The van der Waals surface area contributed by atoms with Crippen LogP contribution in [0.5, 0.6) is 0 Å². The van der Waals surface area contributed by atoms with Crippen molar-refractivity contribution in [1.29, 1.82) is 0 Å². The summed E-state index contributed by atoms with van der Waals surface area (Å²) in [6, 6.07) is -0.0968. The average molecular weight is 327 g/mol. The third-order valence-electron chi connectivity index (χ3n) is 5.25. The lowest BCUT2D eigenvalue weighted by molar-refractivity contribution is -0.0527. The smallest absolute Gasteiger partial charge is 0.246 e. The summed E-state index contributed by atoms with van der Waals surface area (Å²) in [7, 11) is -1.81. The zero-order chi connectivity index (χ0) is 16.0. The van der Waals surface area contributed by atoms with Gasteiger partial charge in [-0.15, -0.1) is 0 Å². The fourth-order valence-corrected chi connectivity index (χ4v) is 5.80. The van der Waals surface area contributed by atoms with E-state index in [2.05, 4.69) is 5.10 Å². The molecule has 7 heteroatoms. The minimum Gasteiger partial charge on any atom is -0.390 e. The van der Waals surface area contributed by atoms with E-state index in [1.165, 1.54) is 10.9 Å². The van der Waals surface area contributed by atoms with Gasteiger partial charge >= 0.3 is 0 Å². The van der Waals surface area contributed by atoms with Gasteiger partial charge < -0.3 is 5.11 Å². The highest BCUT2D eigenvalue weighted by atomic mass is 32.2. The van der Waals surface area contributed by atoms with Crippen LogP contribution in [0, 0.1) is 5.92 Å². The van der Waals surface area contributed by atoms with Crippen LogP contribution in [0.25, 0.3) is 0 Å². The van der Waals surface area contributed by atoms with Gasteiger partial charge in [-0.25, -0.2) is 8.42 Å². The highest BCUT2D eigenvalue weighted by Gasteiger charge is 2.47. The summed E-state index contributed by atoms with van der Waals surface area (Å²) in [5.74, 6) is 0.0233. The van der Waals surface area contributed by atoms with E-state index < -0.39 is 15.6 Å². The van der Waals surface area contributed by atoms with Gasteiger partial charge in [-0.05, 0) is 32.6 Å². The van der Waals surface area contributed by atoms with Crippen LogP contribution in [0.1, 0.15) is 45.4 Å². The van der Waals surface area contributed by atoms with Crippen molar-refractivity contribution in [3.63, 3.8) is 0 Å². The molecule has 1 aromatic heterocycles. The fraction of sp³-hybridized carbons (Fsp3) is 0.800. The number of hydrogen-bond acceptors (Lipinski definition) is 4. The molecule has 1 N–H and O–H groups in total. The number of nitrogens with zero attached hydrogens (tertiary/aromatic N) is 3. The molecule has 1 saturated heterocycles. The second-order valence-electron chi connectivity index (χ2n) is 6.88. The van der Waals surface area contributed by atoms with Gasteiger partial charge in [-0.3, -0.25) is 4.68 Å². The van der Waals surface area contributed by atoms with Gasteiger partial charge in [0.05, 0.1) is 11.8 Å². The van der Waals surface area contributed by atoms with Gasteiger partial charge in [0.2, 0.25) is 10.0 Å². The summed E-state index contributed by atoms with van der Waals surface area (Å²) >= 11 is 0. The molecule has 0 radical (unpaired) electrons. The van der Waals surface area contributed by atoms with Crippen molar-refractivity contribution < 1.29 is 13.5 Å². The lowest BCUT2D eigenvalue weighted by Gasteiger charge is -2.43. The predicted molar refractivity (Wildman–Crippen MR) is 82.7 cm³/mol. The van der Waals surface area contributed by atoms with E-state index in [0.717, 1.165) is 38.5 Å². The van der Waals surface area contributed by atoms with E-state index in [1.807, 2.05) is 6.92 Å². The summed E-state index contributed by atoms with van der Waals surface area (Å²) in [6.45, 7) is 2.40. The van der Waals surface area contributed by atoms with Crippen molar-refractivity contribution >= 4 is 10.0 Å². The van der Waals surface area contributed by atoms with Crippen LogP contribution in [-0.2, 0) is 17.1 Å². The largest absolute Gasteiger partial charge is 0.390 e. The number of aliphatic hydroxyl groups is 1. The SMILES string of the molecule is Cn1cc(S(=O)(=O)N2CCC[C@@H]2[C@H]2CCCC[C@@]2(C)O)cn1. The Hall–Kier alpha value is -0.920. The molecule has 3 rings (SSSR count). The first kappa shape index (κ1) is 16.0. The molecule has 1 aliphatic carbocycles. The molecule has 2 heterocycles. The van der Waals surface area contributed by atoms with E-state index in [0.29, 0.717) is 6.54 Å². The molecule has 6 nitrogen and oxygen atoms in total. The van der Waals surface area contributed by atoms with Crippen LogP contribution in [0.2, 0.25) is 0 Å². The second-order valence-corrected chi connectivity index (χ2v) is 8.78. The molecule has 124 valence electrons. The molecule has 1 aromatic rings. The normalized spacial score (nSPS) is 34.1. The van der Waals surface area contributed by atoms with Crippen LogP contribution in [0.15, 0.2) is 17.3 Å². The van der Waals surface area contributed by atoms with Crippen molar-refractivity contribution in [1.82, 2.24) is 14.1 Å². The van der Waals surface area contributed by atoms with Crippen molar-refractivity contribution in [2.45, 2.75) is 62.0 Å². The monoisotopic (exact) mass is 327 g/mol. The molecule has 0 bridgehead atoms. The quantitative estimate of drug-likeness (QED) is 0.913. The molecule has 1 aliphatic heterocycles. The average Bonchev–Trinajstić information content (AvgIpc) is 3.07. The fourth-order valence-electron chi connectivity index (χ4n) is 4.08. The van der Waals surface area contributed by atoms with Crippen LogP contribution in [0.4, 0.5) is 0 Å². The van der Waals surface area contributed by atoms with Gasteiger partial charge in [0.1, 0.15) is 4.90 Å². The Balaban J connectivity index is 1.90. The maximum Gasteiger partial charge on any atom is 0.246 e. The molecule has 22 heavy (non-hydrogen) atoms. The van der Waals surface area contributed by atoms with Crippen molar-refractivity contribution in [2.24, 2.45) is 13.0 Å². The van der Waals surface area contributed by atoms with Crippen molar-refractivity contribution in [3.8, 4) is 0 Å². The molecular weight excluding hydrogens is 302 g/mol. The van der Waals surface area contributed by atoms with Crippen LogP contribution in [0.3, 0.4) is 0 Å². The third kappa shape index (κ3) is 2.70. The zero-order valence-electron chi connectivity index (χ0n) is 13.3. The van der Waals surface area contributed by atoms with Gasteiger partial charge in [0.15, 0.2) is 0 Å². The predicted octanol–water partition coefficient (Wildman–Crippen LogP) is 1.51. The maximum absolute atomic E-state index is 12.9. The standard InChI is InChI=1S/C15H25N3O3S/c1-15(19)8-4-3-6-13(15)14-7-5-9-18(14)22(20,21)12-10-16-17(2)11-12/h10-11,13-14,19H,3-9H2,1-2H3/t13-,14-,15-/m1/s1. The summed E-state index contributed by atoms with van der Waals surface area (Å²) in [6.07, 6.45) is 8.39. The van der Waals surface area contributed by atoms with Crippen LogP contribution in [-0.4, -0.2) is 45.8 Å². The Kier molecular flexibility index (Phi) is 4.07. The topological polar surface area (TPSA) is 75.4 Å². The van der Waals surface area contributed by atoms with Crippen molar-refractivity contribution in [2.75, 3.05) is 6.54 Å². The van der Waals surface area contributed by atoms with Crippen LogP contribution >= 0.6 is 0 Å². The molecule has 3 atom stereocenters. The Labute approximate surface area is 132 Å². The van der Waals surface area contributed by atoms with E-state index in [4.69, 9.17) is 0 Å². The molecular formula is C15H25N3O3S. The number of hydrogen-bond donors (Lipinski definition) is 1. The first-order valence-electron chi connectivity index (χ1n) is 8.05. The number of sulfonamides is 1. The Morgan fingerprint density at radius 1 is 1.32 bits per heavy atom. The van der Waals surface area contributed by atoms with E-state index >= 15 is 0 Å². The number of aromatic nitrogens is 2. The minimum absolute atomic E-state index is 0.0233. The summed E-state index contributed by atoms with van der Waals surface area (Å²) < 4.78 is 28.9. The minimum atomic E-state index is -3.53. The Morgan fingerprint density at radius 3 is 2.73 bits per heavy atom. The molecule has 2 fully saturated rings. The summed E-state index contributed by atoms with van der Waals surface area (Å²) in [5.41, 5.74) is -0.768. The molecule has 0 unspecified atom stereocenters.